The second-order valence-electron chi connectivity index (χ2n) is 8.16. The van der Waals surface area contributed by atoms with E-state index in [0.29, 0.717) is 5.56 Å². The smallest absolute Gasteiger partial charge is 0.229 e. The molecule has 3 rings (SSSR count). The molecule has 35 heavy (non-hydrogen) atoms. The summed E-state index contributed by atoms with van der Waals surface area (Å²) in [6, 6.07) is 4.77. The van der Waals surface area contributed by atoms with Gasteiger partial charge in [0.2, 0.25) is 6.29 Å². The third-order valence-corrected chi connectivity index (χ3v) is 5.79. The number of hydrogen-bond acceptors (Lipinski definition) is 13. The van der Waals surface area contributed by atoms with Crippen LogP contribution >= 0.6 is 0 Å². The zero-order valence-electron chi connectivity index (χ0n) is 18.9. The number of methoxy groups -OCH3 is 1. The minimum absolute atomic E-state index is 0.0336. The van der Waals surface area contributed by atoms with Crippen LogP contribution in [0.15, 0.2) is 24.3 Å². The number of hydrogen-bond donors (Lipinski definition) is 8. The highest BCUT2D eigenvalue weighted by Crippen LogP contribution is 2.32. The van der Waals surface area contributed by atoms with Crippen LogP contribution in [0, 0.1) is 0 Å². The van der Waals surface area contributed by atoms with E-state index in [9.17, 15) is 40.9 Å². The SMILES string of the molecule is COc1cc(/C=C/CO[C@@H]2O[C@H](CO)[C@@H](O)[C@H](O)[C@H]2O)ccc1O[C@@H]1O[C@H](CO)[C@@H](O)[C@H](O)[C@H]1O. The summed E-state index contributed by atoms with van der Waals surface area (Å²) in [4.78, 5) is 0. The van der Waals surface area contributed by atoms with Crippen LogP contribution in [0.3, 0.4) is 0 Å². The summed E-state index contributed by atoms with van der Waals surface area (Å²) in [5.41, 5.74) is 0.653. The highest BCUT2D eigenvalue weighted by atomic mass is 16.7. The molecule has 10 atom stereocenters. The fourth-order valence-corrected chi connectivity index (χ4v) is 3.71. The van der Waals surface area contributed by atoms with Gasteiger partial charge in [-0.25, -0.2) is 0 Å². The van der Waals surface area contributed by atoms with Gasteiger partial charge >= 0.3 is 0 Å². The highest BCUT2D eigenvalue weighted by Gasteiger charge is 2.45. The van der Waals surface area contributed by atoms with Gasteiger partial charge in [-0.3, -0.25) is 0 Å². The maximum atomic E-state index is 10.2. The van der Waals surface area contributed by atoms with Crippen molar-refractivity contribution in [1.29, 1.82) is 0 Å². The fourth-order valence-electron chi connectivity index (χ4n) is 3.71. The van der Waals surface area contributed by atoms with Crippen LogP contribution in [0.5, 0.6) is 11.5 Å². The maximum Gasteiger partial charge on any atom is 0.229 e. The van der Waals surface area contributed by atoms with Crippen LogP contribution in [0.1, 0.15) is 5.56 Å². The predicted molar refractivity (Wildman–Crippen MR) is 116 cm³/mol. The molecule has 2 fully saturated rings. The molecule has 0 aromatic heterocycles. The van der Waals surface area contributed by atoms with E-state index >= 15 is 0 Å². The van der Waals surface area contributed by atoms with Crippen molar-refractivity contribution in [2.45, 2.75) is 61.4 Å². The Labute approximate surface area is 200 Å². The fraction of sp³-hybridized carbons (Fsp3) is 0.636. The summed E-state index contributed by atoms with van der Waals surface area (Å²) >= 11 is 0. The van der Waals surface area contributed by atoms with Crippen LogP contribution in [-0.2, 0) is 14.2 Å². The maximum absolute atomic E-state index is 10.2. The molecule has 13 nitrogen and oxygen atoms in total. The molecule has 2 aliphatic rings. The van der Waals surface area contributed by atoms with Crippen LogP contribution in [0.2, 0.25) is 0 Å². The molecule has 2 saturated heterocycles. The summed E-state index contributed by atoms with van der Waals surface area (Å²) in [6.45, 7) is -1.18. The van der Waals surface area contributed by atoms with E-state index in [0.717, 1.165) is 0 Å². The van der Waals surface area contributed by atoms with E-state index in [1.165, 1.54) is 13.2 Å². The Morgan fingerprint density at radius 1 is 0.771 bits per heavy atom. The van der Waals surface area contributed by atoms with E-state index in [1.807, 2.05) is 0 Å². The molecule has 0 amide bonds. The molecular weight excluding hydrogens is 472 g/mol. The quantitative estimate of drug-likeness (QED) is 0.166. The third-order valence-electron chi connectivity index (χ3n) is 5.79. The predicted octanol–water partition coefficient (Wildman–Crippen LogP) is -3.30. The largest absolute Gasteiger partial charge is 0.493 e. The first-order valence-corrected chi connectivity index (χ1v) is 11.0. The van der Waals surface area contributed by atoms with E-state index in [1.54, 1.807) is 24.3 Å². The van der Waals surface area contributed by atoms with Crippen molar-refractivity contribution < 1.29 is 64.5 Å². The third kappa shape index (κ3) is 6.28. The monoisotopic (exact) mass is 504 g/mol. The van der Waals surface area contributed by atoms with Gasteiger partial charge in [0.05, 0.1) is 26.9 Å². The summed E-state index contributed by atoms with van der Waals surface area (Å²) in [7, 11) is 1.39. The molecular formula is C22H32O13. The standard InChI is InChI=1S/C22H32O13/c1-31-12-7-10(3-2-6-32-21-19(29)17(27)15(25)13(8-23)34-21)4-5-11(12)33-22-20(30)18(28)16(26)14(9-24)35-22/h2-5,7,13-30H,6,8-9H2,1H3/b3-2+/t13-,14-,15-,16-,17+,18+,19-,20-,21-,22-/m1/s1. The van der Waals surface area contributed by atoms with Gasteiger partial charge in [0.1, 0.15) is 48.8 Å². The lowest BCUT2D eigenvalue weighted by atomic mass is 9.99. The molecule has 2 heterocycles. The van der Waals surface area contributed by atoms with E-state index in [4.69, 9.17) is 23.7 Å². The van der Waals surface area contributed by atoms with E-state index in [2.05, 4.69) is 0 Å². The Morgan fingerprint density at radius 3 is 1.91 bits per heavy atom. The lowest BCUT2D eigenvalue weighted by molar-refractivity contribution is -0.298. The van der Waals surface area contributed by atoms with E-state index < -0.39 is 74.6 Å². The zero-order chi connectivity index (χ0) is 25.7. The van der Waals surface area contributed by atoms with Crippen LogP contribution in [0.4, 0.5) is 0 Å². The van der Waals surface area contributed by atoms with Gasteiger partial charge < -0.3 is 64.5 Å². The average molecular weight is 504 g/mol. The second kappa shape index (κ2) is 12.4. The first-order chi connectivity index (χ1) is 16.7. The Morgan fingerprint density at radius 2 is 1.34 bits per heavy atom. The van der Waals surface area contributed by atoms with Gasteiger partial charge in [-0.2, -0.15) is 0 Å². The number of rotatable bonds is 9. The Kier molecular flexibility index (Phi) is 9.80. The topological polar surface area (TPSA) is 208 Å². The Balaban J connectivity index is 1.60. The first kappa shape index (κ1) is 27.7. The van der Waals surface area contributed by atoms with Crippen LogP contribution < -0.4 is 9.47 Å². The van der Waals surface area contributed by atoms with Gasteiger partial charge in [-0.15, -0.1) is 0 Å². The summed E-state index contributed by atoms with van der Waals surface area (Å²) in [6.07, 6.45) is -10.7. The minimum atomic E-state index is -1.58. The van der Waals surface area contributed by atoms with Crippen molar-refractivity contribution in [3.63, 3.8) is 0 Å². The number of aliphatic hydroxyl groups is 8. The summed E-state index contributed by atoms with van der Waals surface area (Å²) < 4.78 is 26.9. The van der Waals surface area contributed by atoms with Gasteiger partial charge in [-0.1, -0.05) is 18.2 Å². The molecule has 198 valence electrons. The van der Waals surface area contributed by atoms with Crippen molar-refractivity contribution in [3.8, 4) is 11.5 Å². The van der Waals surface area contributed by atoms with Crippen LogP contribution in [-0.4, -0.2) is 129 Å². The molecule has 1 aromatic carbocycles. The molecule has 0 bridgehead atoms. The number of aliphatic hydroxyl groups excluding tert-OH is 8. The van der Waals surface area contributed by atoms with Gasteiger partial charge in [0.25, 0.3) is 0 Å². The molecule has 0 aliphatic carbocycles. The first-order valence-electron chi connectivity index (χ1n) is 11.0. The molecule has 13 heteroatoms. The second-order valence-corrected chi connectivity index (χ2v) is 8.16. The Bertz CT molecular complexity index is 832. The van der Waals surface area contributed by atoms with Crippen molar-refractivity contribution in [3.05, 3.63) is 29.8 Å². The average Bonchev–Trinajstić information content (AvgIpc) is 2.87. The minimum Gasteiger partial charge on any atom is -0.493 e. The molecule has 8 N–H and O–H groups in total. The lowest BCUT2D eigenvalue weighted by Crippen LogP contribution is -2.60. The molecule has 0 radical (unpaired) electrons. The highest BCUT2D eigenvalue weighted by molar-refractivity contribution is 5.56. The van der Waals surface area contributed by atoms with Gasteiger partial charge in [0.15, 0.2) is 17.8 Å². The molecule has 2 aliphatic heterocycles. The molecule has 0 saturated carbocycles. The van der Waals surface area contributed by atoms with Crippen molar-refractivity contribution in [1.82, 2.24) is 0 Å². The zero-order valence-corrected chi connectivity index (χ0v) is 18.9. The Hall–Kier alpha value is -1.88. The summed E-state index contributed by atoms with van der Waals surface area (Å²) in [5.74, 6) is 0.436. The van der Waals surface area contributed by atoms with Gasteiger partial charge in [0, 0.05) is 0 Å². The molecule has 0 unspecified atom stereocenters. The molecule has 1 aromatic rings. The normalized spacial score (nSPS) is 38.0. The summed E-state index contributed by atoms with van der Waals surface area (Å²) in [5, 5.41) is 78.1. The van der Waals surface area contributed by atoms with Crippen molar-refractivity contribution in [2.75, 3.05) is 26.9 Å². The van der Waals surface area contributed by atoms with Crippen molar-refractivity contribution in [2.24, 2.45) is 0 Å². The number of benzene rings is 1. The number of ether oxygens (including phenoxy) is 5. The van der Waals surface area contributed by atoms with Crippen LogP contribution in [0.25, 0.3) is 6.08 Å². The lowest BCUT2D eigenvalue weighted by Gasteiger charge is -2.39. The van der Waals surface area contributed by atoms with Gasteiger partial charge in [-0.05, 0) is 17.7 Å². The van der Waals surface area contributed by atoms with Crippen molar-refractivity contribution >= 4 is 6.08 Å². The molecule has 0 spiro atoms. The van der Waals surface area contributed by atoms with E-state index in [-0.39, 0.29) is 18.1 Å².